The van der Waals surface area contributed by atoms with E-state index in [1.807, 2.05) is 13.8 Å². The summed E-state index contributed by atoms with van der Waals surface area (Å²) in [7, 11) is 1.35. The third kappa shape index (κ3) is 6.22. The summed E-state index contributed by atoms with van der Waals surface area (Å²) < 4.78 is 4.66. The molecule has 1 aromatic rings. The second-order valence-electron chi connectivity index (χ2n) is 4.19. The molecule has 5 nitrogen and oxygen atoms in total. The van der Waals surface area contributed by atoms with Crippen LogP contribution in [-0.4, -0.2) is 29.3 Å². The second kappa shape index (κ2) is 9.83. The van der Waals surface area contributed by atoms with E-state index < -0.39 is 5.97 Å². The Morgan fingerprint density at radius 2 is 1.85 bits per heavy atom. The summed E-state index contributed by atoms with van der Waals surface area (Å²) in [5.41, 5.74) is 0.627. The largest absolute Gasteiger partial charge is 0.508 e. The standard InChI is InChI=1S/C11H14O3.C4H8O2/c1-3-8(11(13)14-2)9-6-4-5-7-10(9)12;1-2-3-4(5)6/h4-8,12H,3H2,1-2H3;2-3H2,1H3,(H,5,6). The monoisotopic (exact) mass is 282 g/mol. The smallest absolute Gasteiger partial charge is 0.313 e. The van der Waals surface area contributed by atoms with Gasteiger partial charge in [0, 0.05) is 12.0 Å². The summed E-state index contributed by atoms with van der Waals surface area (Å²) in [5, 5.41) is 17.5. The number of esters is 1. The molecule has 0 radical (unpaired) electrons. The van der Waals surface area contributed by atoms with Gasteiger partial charge in [-0.1, -0.05) is 32.0 Å². The normalized spacial score (nSPS) is 10.9. The molecule has 1 aromatic carbocycles. The van der Waals surface area contributed by atoms with Gasteiger partial charge in [-0.15, -0.1) is 0 Å². The maximum Gasteiger partial charge on any atom is 0.313 e. The van der Waals surface area contributed by atoms with Crippen molar-refractivity contribution in [2.45, 2.75) is 39.0 Å². The molecule has 0 aliphatic heterocycles. The number of aromatic hydroxyl groups is 1. The highest BCUT2D eigenvalue weighted by molar-refractivity contribution is 5.78. The van der Waals surface area contributed by atoms with E-state index >= 15 is 0 Å². The van der Waals surface area contributed by atoms with E-state index in [1.165, 1.54) is 7.11 Å². The Kier molecular flexibility index (Phi) is 8.83. The van der Waals surface area contributed by atoms with Gasteiger partial charge >= 0.3 is 11.9 Å². The summed E-state index contributed by atoms with van der Waals surface area (Å²) >= 11 is 0. The van der Waals surface area contributed by atoms with Crippen molar-refractivity contribution in [3.05, 3.63) is 29.8 Å². The van der Waals surface area contributed by atoms with E-state index in [0.717, 1.165) is 6.42 Å². The summed E-state index contributed by atoms with van der Waals surface area (Å²) in [6.45, 7) is 3.72. The highest BCUT2D eigenvalue weighted by Gasteiger charge is 2.21. The lowest BCUT2D eigenvalue weighted by atomic mass is 9.96. The highest BCUT2D eigenvalue weighted by Crippen LogP contribution is 2.28. The van der Waals surface area contributed by atoms with Crippen molar-refractivity contribution in [3.63, 3.8) is 0 Å². The van der Waals surface area contributed by atoms with Gasteiger partial charge in [0.1, 0.15) is 5.75 Å². The van der Waals surface area contributed by atoms with Gasteiger partial charge in [0.2, 0.25) is 0 Å². The molecule has 5 heteroatoms. The number of rotatable bonds is 5. The molecular formula is C15H22O5. The van der Waals surface area contributed by atoms with Crippen LogP contribution in [0.25, 0.3) is 0 Å². The number of hydrogen-bond acceptors (Lipinski definition) is 4. The van der Waals surface area contributed by atoms with Gasteiger partial charge in [-0.25, -0.2) is 0 Å². The van der Waals surface area contributed by atoms with Crippen LogP contribution in [0, 0.1) is 0 Å². The minimum Gasteiger partial charge on any atom is -0.508 e. The zero-order chi connectivity index (χ0) is 15.5. The predicted molar refractivity (Wildman–Crippen MR) is 75.7 cm³/mol. The third-order valence-electron chi connectivity index (χ3n) is 2.67. The van der Waals surface area contributed by atoms with Gasteiger partial charge in [-0.2, -0.15) is 0 Å². The molecule has 1 atom stereocenters. The van der Waals surface area contributed by atoms with Crippen molar-refractivity contribution in [3.8, 4) is 5.75 Å². The van der Waals surface area contributed by atoms with Gasteiger partial charge < -0.3 is 14.9 Å². The number of carboxylic acid groups (broad SMARTS) is 1. The van der Waals surface area contributed by atoms with E-state index in [-0.39, 0.29) is 17.6 Å². The number of carbonyl (C=O) groups is 2. The zero-order valence-electron chi connectivity index (χ0n) is 12.1. The van der Waals surface area contributed by atoms with Crippen molar-refractivity contribution in [2.24, 2.45) is 0 Å². The van der Waals surface area contributed by atoms with Crippen LogP contribution in [0.5, 0.6) is 5.75 Å². The summed E-state index contributed by atoms with van der Waals surface area (Å²) in [6, 6.07) is 6.82. The summed E-state index contributed by atoms with van der Waals surface area (Å²) in [6.07, 6.45) is 1.64. The van der Waals surface area contributed by atoms with Crippen LogP contribution in [0.15, 0.2) is 24.3 Å². The SMILES string of the molecule is CCC(C(=O)OC)c1ccccc1O.CCCC(=O)O. The second-order valence-corrected chi connectivity index (χ2v) is 4.19. The molecule has 112 valence electrons. The molecule has 0 saturated heterocycles. The van der Waals surface area contributed by atoms with E-state index in [9.17, 15) is 14.7 Å². The molecular weight excluding hydrogens is 260 g/mol. The Bertz CT molecular complexity index is 428. The Labute approximate surface area is 119 Å². The van der Waals surface area contributed by atoms with Crippen LogP contribution in [0.1, 0.15) is 44.6 Å². The molecule has 0 aliphatic rings. The van der Waals surface area contributed by atoms with Crippen molar-refractivity contribution in [1.82, 2.24) is 0 Å². The molecule has 0 fully saturated rings. The predicted octanol–water partition coefficient (Wildman–Crippen LogP) is 2.93. The Hall–Kier alpha value is -2.04. The summed E-state index contributed by atoms with van der Waals surface area (Å²) in [5.74, 6) is -1.25. The van der Waals surface area contributed by atoms with Gasteiger partial charge in [0.25, 0.3) is 0 Å². The number of benzene rings is 1. The fourth-order valence-electron chi connectivity index (χ4n) is 1.65. The van der Waals surface area contributed by atoms with Crippen LogP contribution in [-0.2, 0) is 14.3 Å². The molecule has 20 heavy (non-hydrogen) atoms. The van der Waals surface area contributed by atoms with Gasteiger partial charge in [0.15, 0.2) is 0 Å². The minimum atomic E-state index is -0.711. The zero-order valence-corrected chi connectivity index (χ0v) is 12.1. The fourth-order valence-corrected chi connectivity index (χ4v) is 1.65. The average molecular weight is 282 g/mol. The Balaban J connectivity index is 0.000000511. The maximum atomic E-state index is 11.4. The lowest BCUT2D eigenvalue weighted by Crippen LogP contribution is -2.13. The molecule has 0 amide bonds. The van der Waals surface area contributed by atoms with Crippen LogP contribution >= 0.6 is 0 Å². The number of para-hydroxylation sites is 1. The Morgan fingerprint density at radius 1 is 1.25 bits per heavy atom. The first kappa shape index (κ1) is 18.0. The first-order valence-corrected chi connectivity index (χ1v) is 6.55. The lowest BCUT2D eigenvalue weighted by Gasteiger charge is -2.13. The molecule has 0 spiro atoms. The molecule has 2 N–H and O–H groups in total. The molecule has 0 aliphatic carbocycles. The third-order valence-corrected chi connectivity index (χ3v) is 2.67. The van der Waals surface area contributed by atoms with E-state index in [2.05, 4.69) is 4.74 Å². The van der Waals surface area contributed by atoms with E-state index in [4.69, 9.17) is 5.11 Å². The molecule has 1 unspecified atom stereocenters. The van der Waals surface area contributed by atoms with Crippen molar-refractivity contribution in [2.75, 3.05) is 7.11 Å². The number of carboxylic acids is 1. The van der Waals surface area contributed by atoms with Gasteiger partial charge in [0.05, 0.1) is 13.0 Å². The molecule has 0 aromatic heterocycles. The summed E-state index contributed by atoms with van der Waals surface area (Å²) in [4.78, 5) is 21.0. The van der Waals surface area contributed by atoms with Crippen molar-refractivity contribution < 1.29 is 24.5 Å². The number of methoxy groups -OCH3 is 1. The van der Waals surface area contributed by atoms with Gasteiger partial charge in [-0.05, 0) is 18.9 Å². The van der Waals surface area contributed by atoms with Crippen molar-refractivity contribution in [1.29, 1.82) is 0 Å². The first-order chi connectivity index (χ1) is 9.47. The van der Waals surface area contributed by atoms with E-state index in [1.54, 1.807) is 24.3 Å². The topological polar surface area (TPSA) is 83.8 Å². The average Bonchev–Trinajstić information content (AvgIpc) is 2.42. The van der Waals surface area contributed by atoms with Crippen molar-refractivity contribution >= 4 is 11.9 Å². The number of ether oxygens (including phenoxy) is 1. The van der Waals surface area contributed by atoms with Gasteiger partial charge in [-0.3, -0.25) is 9.59 Å². The highest BCUT2D eigenvalue weighted by atomic mass is 16.5. The molecule has 0 saturated carbocycles. The number of aliphatic carboxylic acids is 1. The minimum absolute atomic E-state index is 0.143. The lowest BCUT2D eigenvalue weighted by molar-refractivity contribution is -0.142. The number of hydrogen-bond donors (Lipinski definition) is 2. The van der Waals surface area contributed by atoms with Crippen LogP contribution in [0.4, 0.5) is 0 Å². The fraction of sp³-hybridized carbons (Fsp3) is 0.467. The maximum absolute atomic E-state index is 11.4. The molecule has 0 bridgehead atoms. The van der Waals surface area contributed by atoms with Crippen LogP contribution in [0.2, 0.25) is 0 Å². The number of phenols is 1. The van der Waals surface area contributed by atoms with Crippen LogP contribution < -0.4 is 0 Å². The molecule has 1 rings (SSSR count). The quantitative estimate of drug-likeness (QED) is 0.811. The van der Waals surface area contributed by atoms with E-state index in [0.29, 0.717) is 18.4 Å². The van der Waals surface area contributed by atoms with Crippen LogP contribution in [0.3, 0.4) is 0 Å². The Morgan fingerprint density at radius 3 is 2.20 bits per heavy atom. The first-order valence-electron chi connectivity index (χ1n) is 6.55. The molecule has 0 heterocycles. The number of carbonyl (C=O) groups excluding carboxylic acids is 1. The number of phenolic OH excluding ortho intramolecular Hbond substituents is 1.